The number of carboxylic acid groups (broad SMARTS) is 2. The number of pyridine rings is 3. The molecule has 0 aliphatic heterocycles. The third-order valence-electron chi connectivity index (χ3n) is 4.22. The lowest BCUT2D eigenvalue weighted by Gasteiger charge is -2.09. The van der Waals surface area contributed by atoms with E-state index in [0.29, 0.717) is 22.8 Å². The average molecular weight is 403 g/mol. The molecule has 4 aromatic rings. The molecule has 2 N–H and O–H groups in total. The van der Waals surface area contributed by atoms with Crippen molar-refractivity contribution in [3.63, 3.8) is 0 Å². The Labute approximate surface area is 169 Å². The van der Waals surface area contributed by atoms with Crippen molar-refractivity contribution in [2.24, 2.45) is 0 Å². The zero-order chi connectivity index (χ0) is 20.4. The molecule has 0 aliphatic carbocycles. The van der Waals surface area contributed by atoms with Crippen LogP contribution in [0.15, 0.2) is 65.6 Å². The minimum Gasteiger partial charge on any atom is -0.478 e. The number of hydrogen-bond donors (Lipinski definition) is 2. The first-order valence-corrected chi connectivity index (χ1v) is 9.39. The van der Waals surface area contributed by atoms with Crippen molar-refractivity contribution in [1.29, 1.82) is 0 Å². The first kappa shape index (κ1) is 18.5. The molecule has 7 nitrogen and oxygen atoms in total. The summed E-state index contributed by atoms with van der Waals surface area (Å²) in [6, 6.07) is 11.3. The molecule has 0 bridgehead atoms. The third kappa shape index (κ3) is 3.87. The Bertz CT molecular complexity index is 1150. The van der Waals surface area contributed by atoms with Crippen LogP contribution in [0.4, 0.5) is 0 Å². The molecule has 0 radical (unpaired) electrons. The zero-order valence-electron chi connectivity index (χ0n) is 14.8. The topological polar surface area (TPSA) is 113 Å². The Kier molecular flexibility index (Phi) is 4.84. The van der Waals surface area contributed by atoms with Gasteiger partial charge in [0.2, 0.25) is 0 Å². The molecule has 29 heavy (non-hydrogen) atoms. The second-order valence-electron chi connectivity index (χ2n) is 6.11. The zero-order valence-corrected chi connectivity index (χ0v) is 15.6. The van der Waals surface area contributed by atoms with E-state index in [0.717, 1.165) is 11.1 Å². The molecule has 8 heteroatoms. The van der Waals surface area contributed by atoms with Crippen LogP contribution in [0.5, 0.6) is 0 Å². The van der Waals surface area contributed by atoms with Crippen LogP contribution in [0.2, 0.25) is 0 Å². The summed E-state index contributed by atoms with van der Waals surface area (Å²) in [5, 5.41) is 22.5. The summed E-state index contributed by atoms with van der Waals surface area (Å²) in [5.74, 6) is -2.11. The maximum atomic E-state index is 11.3. The molecular weight excluding hydrogens is 390 g/mol. The fourth-order valence-corrected chi connectivity index (χ4v) is 3.46. The molecule has 0 fully saturated rings. The summed E-state index contributed by atoms with van der Waals surface area (Å²) in [4.78, 5) is 35.7. The van der Waals surface area contributed by atoms with Gasteiger partial charge in [0.15, 0.2) is 0 Å². The van der Waals surface area contributed by atoms with Crippen molar-refractivity contribution >= 4 is 23.3 Å². The van der Waals surface area contributed by atoms with E-state index < -0.39 is 11.9 Å². The molecule has 4 rings (SSSR count). The fraction of sp³-hybridized carbons (Fsp3) is 0. The summed E-state index contributed by atoms with van der Waals surface area (Å²) in [6.07, 6.45) is 2.83. The van der Waals surface area contributed by atoms with Crippen molar-refractivity contribution in [3.05, 3.63) is 76.7 Å². The lowest BCUT2D eigenvalue weighted by Crippen LogP contribution is -2.00. The van der Waals surface area contributed by atoms with Gasteiger partial charge in [0.1, 0.15) is 0 Å². The van der Waals surface area contributed by atoms with E-state index in [-0.39, 0.29) is 11.1 Å². The van der Waals surface area contributed by atoms with Gasteiger partial charge in [0, 0.05) is 12.4 Å². The summed E-state index contributed by atoms with van der Waals surface area (Å²) in [6.45, 7) is 0. The van der Waals surface area contributed by atoms with Crippen LogP contribution in [0.1, 0.15) is 20.7 Å². The molecule has 4 heterocycles. The third-order valence-corrected chi connectivity index (χ3v) is 4.90. The van der Waals surface area contributed by atoms with E-state index in [2.05, 4.69) is 15.0 Å². The molecule has 4 aromatic heterocycles. The number of hydrogen-bond acceptors (Lipinski definition) is 6. The van der Waals surface area contributed by atoms with Crippen molar-refractivity contribution < 1.29 is 19.8 Å². The molecule has 0 aromatic carbocycles. The molecular formula is C21H13N3O4S. The van der Waals surface area contributed by atoms with E-state index in [1.165, 1.54) is 36.7 Å². The van der Waals surface area contributed by atoms with Gasteiger partial charge in [-0.3, -0.25) is 9.97 Å². The normalized spacial score (nSPS) is 10.6. The lowest BCUT2D eigenvalue weighted by molar-refractivity contribution is 0.0686. The van der Waals surface area contributed by atoms with Crippen LogP contribution in [0.25, 0.3) is 33.9 Å². The van der Waals surface area contributed by atoms with E-state index in [1.807, 2.05) is 29.0 Å². The number of rotatable bonds is 5. The van der Waals surface area contributed by atoms with E-state index in [4.69, 9.17) is 0 Å². The van der Waals surface area contributed by atoms with E-state index >= 15 is 0 Å². The lowest BCUT2D eigenvalue weighted by atomic mass is 10.0. The number of carbonyl (C=O) groups is 2. The maximum Gasteiger partial charge on any atom is 0.335 e. The maximum absolute atomic E-state index is 11.3. The second-order valence-corrected chi connectivity index (χ2v) is 6.89. The molecule has 0 atom stereocenters. The number of aromatic carboxylic acids is 2. The van der Waals surface area contributed by atoms with Crippen LogP contribution in [-0.4, -0.2) is 37.1 Å². The van der Waals surface area contributed by atoms with Gasteiger partial charge >= 0.3 is 11.9 Å². The monoisotopic (exact) mass is 403 g/mol. The van der Waals surface area contributed by atoms with Gasteiger partial charge in [-0.15, -0.1) is 0 Å². The van der Waals surface area contributed by atoms with Gasteiger partial charge < -0.3 is 10.2 Å². The van der Waals surface area contributed by atoms with Crippen molar-refractivity contribution in [3.8, 4) is 33.9 Å². The van der Waals surface area contributed by atoms with Crippen LogP contribution in [0.3, 0.4) is 0 Å². The predicted molar refractivity (Wildman–Crippen MR) is 108 cm³/mol. The Morgan fingerprint density at radius 2 is 1.28 bits per heavy atom. The highest BCUT2D eigenvalue weighted by Crippen LogP contribution is 2.30. The van der Waals surface area contributed by atoms with Crippen LogP contribution < -0.4 is 0 Å². The Morgan fingerprint density at radius 1 is 0.724 bits per heavy atom. The number of nitrogens with zero attached hydrogens (tertiary/aromatic N) is 3. The Balaban J connectivity index is 1.91. The largest absolute Gasteiger partial charge is 0.478 e. The van der Waals surface area contributed by atoms with Crippen LogP contribution >= 0.6 is 11.3 Å². The van der Waals surface area contributed by atoms with Crippen molar-refractivity contribution in [1.82, 2.24) is 15.0 Å². The van der Waals surface area contributed by atoms with Gasteiger partial charge in [-0.2, -0.15) is 11.3 Å². The summed E-state index contributed by atoms with van der Waals surface area (Å²) in [7, 11) is 0. The average Bonchev–Trinajstić information content (AvgIpc) is 3.28. The van der Waals surface area contributed by atoms with Gasteiger partial charge in [-0.1, -0.05) is 0 Å². The van der Waals surface area contributed by atoms with Crippen molar-refractivity contribution in [2.75, 3.05) is 0 Å². The van der Waals surface area contributed by atoms with Gasteiger partial charge in [0.05, 0.1) is 33.9 Å². The minimum absolute atomic E-state index is 0.102. The number of thiophene rings is 1. The highest BCUT2D eigenvalue weighted by atomic mass is 32.1. The predicted octanol–water partition coefficient (Wildman–Crippen LogP) is 4.33. The highest BCUT2D eigenvalue weighted by Gasteiger charge is 2.14. The number of aromatic nitrogens is 3. The smallest absolute Gasteiger partial charge is 0.335 e. The molecule has 0 aliphatic rings. The van der Waals surface area contributed by atoms with Gasteiger partial charge in [-0.05, 0) is 64.4 Å². The van der Waals surface area contributed by atoms with Gasteiger partial charge in [-0.25, -0.2) is 14.6 Å². The number of carboxylic acids is 2. The quantitative estimate of drug-likeness (QED) is 0.510. The molecule has 0 amide bonds. The minimum atomic E-state index is -1.06. The fourth-order valence-electron chi connectivity index (χ4n) is 2.80. The summed E-state index contributed by atoms with van der Waals surface area (Å²) in [5.41, 5.74) is 3.74. The van der Waals surface area contributed by atoms with Crippen molar-refractivity contribution in [2.45, 2.75) is 0 Å². The first-order valence-electron chi connectivity index (χ1n) is 8.45. The van der Waals surface area contributed by atoms with Gasteiger partial charge in [0.25, 0.3) is 0 Å². The molecule has 142 valence electrons. The van der Waals surface area contributed by atoms with Crippen LogP contribution in [0, 0.1) is 0 Å². The molecule has 0 saturated heterocycles. The molecule has 0 spiro atoms. The Hall–Kier alpha value is -3.91. The highest BCUT2D eigenvalue weighted by molar-refractivity contribution is 7.08. The summed E-state index contributed by atoms with van der Waals surface area (Å²) >= 11 is 1.54. The van der Waals surface area contributed by atoms with E-state index in [1.54, 1.807) is 11.3 Å². The standard InChI is InChI=1S/C21H13N3O4S/c25-20(26)12-1-4-22-16(7-12)18-9-15(14-3-6-29-11-14)10-19(24-18)17-8-13(21(27)28)2-5-23-17/h1-11H,(H,25,26)(H,27,28). The second kappa shape index (κ2) is 7.61. The molecule has 0 saturated carbocycles. The first-order chi connectivity index (χ1) is 14.0. The Morgan fingerprint density at radius 3 is 1.72 bits per heavy atom. The SMILES string of the molecule is O=C(O)c1ccnc(-c2cc(-c3ccsc3)cc(-c3cc(C(=O)O)ccn3)n2)c1. The molecule has 0 unspecified atom stereocenters. The van der Waals surface area contributed by atoms with E-state index in [9.17, 15) is 19.8 Å². The summed E-state index contributed by atoms with van der Waals surface area (Å²) < 4.78 is 0. The van der Waals surface area contributed by atoms with Crippen LogP contribution in [-0.2, 0) is 0 Å².